The summed E-state index contributed by atoms with van der Waals surface area (Å²) < 4.78 is 0. The van der Waals surface area contributed by atoms with E-state index in [1.807, 2.05) is 50.4 Å². The van der Waals surface area contributed by atoms with E-state index in [4.69, 9.17) is 16.6 Å². The third kappa shape index (κ3) is 4.74. The van der Waals surface area contributed by atoms with E-state index >= 15 is 0 Å². The summed E-state index contributed by atoms with van der Waals surface area (Å²) in [5, 5.41) is 6.14. The monoisotopic (exact) mass is 537 g/mol. The van der Waals surface area contributed by atoms with Gasteiger partial charge in [0, 0.05) is 42.5 Å². The molecule has 2 aliphatic rings. The predicted octanol–water partition coefficient (Wildman–Crippen LogP) is 4.36. The van der Waals surface area contributed by atoms with Crippen molar-refractivity contribution in [2.24, 2.45) is 4.99 Å². The minimum absolute atomic E-state index is 0.0238. The van der Waals surface area contributed by atoms with Gasteiger partial charge in [0.25, 0.3) is 17.4 Å². The third-order valence-electron chi connectivity index (χ3n) is 6.95. The summed E-state index contributed by atoms with van der Waals surface area (Å²) in [5.41, 5.74) is 3.69. The van der Waals surface area contributed by atoms with Gasteiger partial charge < -0.3 is 15.2 Å². The highest BCUT2D eigenvalue weighted by molar-refractivity contribution is 7.10. The average molecular weight is 538 g/mol. The molecule has 2 aliphatic heterocycles. The van der Waals surface area contributed by atoms with Crippen LogP contribution < -0.4 is 10.9 Å². The Morgan fingerprint density at radius 2 is 1.89 bits per heavy atom. The second kappa shape index (κ2) is 9.89. The highest BCUT2D eigenvalue weighted by Crippen LogP contribution is 2.36. The van der Waals surface area contributed by atoms with E-state index in [2.05, 4.69) is 10.3 Å². The molecule has 0 aliphatic carbocycles. The summed E-state index contributed by atoms with van der Waals surface area (Å²) in [5.74, 6) is -0.591. The van der Waals surface area contributed by atoms with Crippen LogP contribution in [0.25, 0.3) is 0 Å². The molecule has 2 atom stereocenters. The van der Waals surface area contributed by atoms with E-state index < -0.39 is 0 Å². The molecule has 0 saturated heterocycles. The van der Waals surface area contributed by atoms with Crippen LogP contribution in [0.3, 0.4) is 0 Å². The highest BCUT2D eigenvalue weighted by Gasteiger charge is 2.38. The van der Waals surface area contributed by atoms with Crippen molar-refractivity contribution >= 4 is 51.8 Å². The number of likely N-dealkylation sites (N-methyl/N-ethyl adjacent to an activating group) is 1. The number of thiophene rings is 1. The molecule has 5 rings (SSSR count). The number of hydrogen-bond donors (Lipinski definition) is 2. The molecule has 0 bridgehead atoms. The zero-order chi connectivity index (χ0) is 26.4. The Morgan fingerprint density at radius 3 is 2.57 bits per heavy atom. The van der Waals surface area contributed by atoms with Crippen LogP contribution in [-0.4, -0.2) is 65.0 Å². The number of aliphatic imine (C=N–C) groups is 1. The second-order valence-corrected chi connectivity index (χ2v) is 11.2. The lowest BCUT2D eigenvalue weighted by Gasteiger charge is -2.24. The fourth-order valence-electron chi connectivity index (χ4n) is 4.67. The highest BCUT2D eigenvalue weighted by atomic mass is 35.5. The first kappa shape index (κ1) is 25.4. The van der Waals surface area contributed by atoms with E-state index in [9.17, 15) is 14.4 Å². The number of hydrogen-bond acceptors (Lipinski definition) is 7. The molecule has 3 aromatic rings. The van der Waals surface area contributed by atoms with Crippen molar-refractivity contribution in [1.82, 2.24) is 14.8 Å². The molecule has 0 unspecified atom stereocenters. The average Bonchev–Trinajstić information content (AvgIpc) is 3.50. The van der Waals surface area contributed by atoms with E-state index in [1.54, 1.807) is 29.7 Å². The van der Waals surface area contributed by atoms with Crippen LogP contribution in [0, 0.1) is 0 Å². The summed E-state index contributed by atoms with van der Waals surface area (Å²) in [6.45, 7) is 4.33. The summed E-state index contributed by atoms with van der Waals surface area (Å²) in [4.78, 5) is 50.9. The quantitative estimate of drug-likeness (QED) is 0.416. The number of H-pyrrole nitrogens is 1. The van der Waals surface area contributed by atoms with Gasteiger partial charge in [-0.05, 0) is 63.2 Å². The number of carbonyl (C=O) groups excluding carboxylic acids is 2. The maximum absolute atomic E-state index is 13.1. The lowest BCUT2D eigenvalue weighted by molar-refractivity contribution is 0.0618. The molecule has 10 heteroatoms. The third-order valence-corrected chi connectivity index (χ3v) is 8.35. The Hall–Kier alpha value is -3.27. The number of rotatable bonds is 8. The minimum atomic E-state index is -0.305. The summed E-state index contributed by atoms with van der Waals surface area (Å²) >= 11 is 7.87. The molecule has 192 valence electrons. The second-order valence-electron chi connectivity index (χ2n) is 9.83. The van der Waals surface area contributed by atoms with Crippen molar-refractivity contribution in [3.8, 4) is 0 Å². The van der Waals surface area contributed by atoms with Crippen molar-refractivity contribution in [1.29, 1.82) is 0 Å². The number of amides is 2. The number of nitrogens with one attached hydrogen (secondary N) is 2. The number of aromatic amines is 1. The first-order valence-corrected chi connectivity index (χ1v) is 13.4. The van der Waals surface area contributed by atoms with Gasteiger partial charge in [-0.1, -0.05) is 11.6 Å². The van der Waals surface area contributed by atoms with E-state index in [0.717, 1.165) is 21.9 Å². The van der Waals surface area contributed by atoms with E-state index in [-0.39, 0.29) is 29.5 Å². The standard InChI is InChI=1S/C27H28ClN5O3S/c1-14(9-23-19(28)6-8-37-23)30-20-5-7-29-25(34)24(20)22-11-16-10-17-18(12-21(16)31-22)27(36)33(26(17)35)13-15(2)32(3)4/h5-8,10,12,14-15H,9,11,13H2,1-4H3,(H2,29,30,34)/t14-,15+/m0/s1. The fraction of sp³-hybridized carbons (Fsp3) is 0.333. The normalized spacial score (nSPS) is 16.2. The van der Waals surface area contributed by atoms with Gasteiger partial charge in [0.1, 0.15) is 0 Å². The molecule has 2 N–H and O–H groups in total. The SMILES string of the molecule is C[C@H](CN1C(=O)c2cc3c(cc2C1=O)N=C(c1c(N[C@@H](C)Cc2sccc2Cl)cc[nH]c1=O)C3)N(C)C. The first-order valence-electron chi connectivity index (χ1n) is 12.1. The van der Waals surface area contributed by atoms with Gasteiger partial charge in [-0.25, -0.2) is 0 Å². The van der Waals surface area contributed by atoms with Gasteiger partial charge in [0.05, 0.1) is 38.8 Å². The zero-order valence-electron chi connectivity index (χ0n) is 21.1. The number of anilines is 1. The molecule has 2 amide bonds. The summed E-state index contributed by atoms with van der Waals surface area (Å²) in [6, 6.07) is 7.21. The molecular weight excluding hydrogens is 510 g/mol. The molecule has 4 heterocycles. The van der Waals surface area contributed by atoms with Gasteiger partial charge in [0.15, 0.2) is 0 Å². The lowest BCUT2D eigenvalue weighted by Crippen LogP contribution is -2.41. The predicted molar refractivity (Wildman–Crippen MR) is 148 cm³/mol. The van der Waals surface area contributed by atoms with Crippen molar-refractivity contribution < 1.29 is 9.59 Å². The zero-order valence-corrected chi connectivity index (χ0v) is 22.7. The van der Waals surface area contributed by atoms with Crippen LogP contribution in [0.15, 0.2) is 45.6 Å². The number of nitrogens with zero attached hydrogens (tertiary/aromatic N) is 3. The van der Waals surface area contributed by atoms with Gasteiger partial charge in [0.2, 0.25) is 0 Å². The molecule has 0 fully saturated rings. The molecule has 0 radical (unpaired) electrons. The van der Waals surface area contributed by atoms with Crippen LogP contribution in [0.2, 0.25) is 5.02 Å². The van der Waals surface area contributed by atoms with E-state index in [1.165, 1.54) is 4.90 Å². The van der Waals surface area contributed by atoms with Gasteiger partial charge in [-0.15, -0.1) is 11.3 Å². The summed E-state index contributed by atoms with van der Waals surface area (Å²) in [7, 11) is 3.83. The first-order chi connectivity index (χ1) is 17.6. The van der Waals surface area contributed by atoms with Crippen molar-refractivity contribution in [3.63, 3.8) is 0 Å². The molecule has 0 saturated carbocycles. The Morgan fingerprint density at radius 1 is 1.16 bits per heavy atom. The van der Waals surface area contributed by atoms with Crippen molar-refractivity contribution in [3.05, 3.63) is 78.3 Å². The van der Waals surface area contributed by atoms with Gasteiger partial charge in [-0.3, -0.25) is 24.3 Å². The maximum Gasteiger partial charge on any atom is 0.261 e. The van der Waals surface area contributed by atoms with Crippen molar-refractivity contribution in [2.75, 3.05) is 26.0 Å². The fourth-order valence-corrected chi connectivity index (χ4v) is 5.91. The smallest absolute Gasteiger partial charge is 0.261 e. The summed E-state index contributed by atoms with van der Waals surface area (Å²) in [6.07, 6.45) is 2.72. The molecule has 2 aromatic heterocycles. The number of pyridine rings is 1. The van der Waals surface area contributed by atoms with Crippen molar-refractivity contribution in [2.45, 2.75) is 38.8 Å². The molecule has 0 spiro atoms. The van der Waals surface area contributed by atoms with Crippen LogP contribution in [0.5, 0.6) is 0 Å². The van der Waals surface area contributed by atoms with E-state index in [0.29, 0.717) is 46.7 Å². The van der Waals surface area contributed by atoms with Crippen LogP contribution >= 0.6 is 22.9 Å². The molecule has 37 heavy (non-hydrogen) atoms. The Kier molecular flexibility index (Phi) is 6.78. The van der Waals surface area contributed by atoms with Crippen LogP contribution in [-0.2, 0) is 12.8 Å². The van der Waals surface area contributed by atoms with Crippen LogP contribution in [0.1, 0.15) is 50.6 Å². The molecule has 1 aromatic carbocycles. The molecule has 8 nitrogen and oxygen atoms in total. The number of imide groups is 1. The maximum atomic E-state index is 13.1. The Balaban J connectivity index is 1.41. The Bertz CT molecular complexity index is 1490. The van der Waals surface area contributed by atoms with Crippen LogP contribution in [0.4, 0.5) is 11.4 Å². The van der Waals surface area contributed by atoms with Gasteiger partial charge >= 0.3 is 0 Å². The number of aromatic nitrogens is 1. The number of benzene rings is 1. The Labute approximate surface area is 224 Å². The number of carbonyl (C=O) groups is 2. The topological polar surface area (TPSA) is 97.9 Å². The van der Waals surface area contributed by atoms with Gasteiger partial charge in [-0.2, -0.15) is 0 Å². The largest absolute Gasteiger partial charge is 0.381 e. The number of halogens is 1. The molecular formula is C27H28ClN5O3S. The number of fused-ring (bicyclic) bond motifs is 2. The minimum Gasteiger partial charge on any atom is -0.381 e. The lowest BCUT2D eigenvalue weighted by atomic mass is 10.00.